The number of nitrogens with zero attached hydrogens (tertiary/aromatic N) is 1. The van der Waals surface area contributed by atoms with E-state index in [-0.39, 0.29) is 35.7 Å². The summed E-state index contributed by atoms with van der Waals surface area (Å²) in [5.41, 5.74) is 5.42. The summed E-state index contributed by atoms with van der Waals surface area (Å²) in [6.45, 7) is -0.117. The normalized spacial score (nSPS) is 10.6. The van der Waals surface area contributed by atoms with E-state index in [1.54, 1.807) is 0 Å². The molecule has 1 rings (SSSR count). The average Bonchev–Trinajstić information content (AvgIpc) is 2.37. The second-order valence-electron chi connectivity index (χ2n) is 3.45. The molecule has 2 N–H and O–H groups in total. The highest BCUT2D eigenvalue weighted by atomic mass is 19.3. The molecule has 1 aromatic rings. The van der Waals surface area contributed by atoms with Gasteiger partial charge in [0.25, 0.3) is 6.43 Å². The predicted octanol–water partition coefficient (Wildman–Crippen LogP) is 1.20. The zero-order valence-electron chi connectivity index (χ0n) is 10.1. The number of ether oxygens (including phenoxy) is 2. The molecule has 0 aromatic carbocycles. The largest absolute Gasteiger partial charge is 0.481 e. The monoisotopic (exact) mass is 260 g/mol. The van der Waals surface area contributed by atoms with E-state index in [1.807, 2.05) is 0 Å². The van der Waals surface area contributed by atoms with E-state index in [2.05, 4.69) is 9.72 Å². The van der Waals surface area contributed by atoms with Gasteiger partial charge in [-0.3, -0.25) is 4.79 Å². The Morgan fingerprint density at radius 2 is 2.17 bits per heavy atom. The smallest absolute Gasteiger partial charge is 0.311 e. The fourth-order valence-electron chi connectivity index (χ4n) is 1.50. The minimum absolute atomic E-state index is 0.00852. The maximum atomic E-state index is 12.9. The maximum absolute atomic E-state index is 12.9. The lowest BCUT2D eigenvalue weighted by atomic mass is 10.1. The summed E-state index contributed by atoms with van der Waals surface area (Å²) in [5.74, 6) is -0.556. The highest BCUT2D eigenvalue weighted by molar-refractivity contribution is 5.72. The topological polar surface area (TPSA) is 74.4 Å². The number of hydrogen-bond donors (Lipinski definition) is 1. The molecule has 100 valence electrons. The first-order valence-corrected chi connectivity index (χ1v) is 5.15. The van der Waals surface area contributed by atoms with Crippen LogP contribution in [0.2, 0.25) is 0 Å². The van der Waals surface area contributed by atoms with E-state index in [4.69, 9.17) is 10.5 Å². The van der Waals surface area contributed by atoms with Crippen LogP contribution in [0.3, 0.4) is 0 Å². The van der Waals surface area contributed by atoms with Gasteiger partial charge < -0.3 is 15.2 Å². The summed E-state index contributed by atoms with van der Waals surface area (Å²) < 4.78 is 35.1. The molecule has 0 bridgehead atoms. The molecule has 7 heteroatoms. The van der Waals surface area contributed by atoms with Crippen LogP contribution >= 0.6 is 0 Å². The third-order valence-corrected chi connectivity index (χ3v) is 2.36. The summed E-state index contributed by atoms with van der Waals surface area (Å²) in [4.78, 5) is 15.1. The Labute approximate surface area is 103 Å². The van der Waals surface area contributed by atoms with Gasteiger partial charge in [-0.1, -0.05) is 0 Å². The van der Waals surface area contributed by atoms with Gasteiger partial charge >= 0.3 is 5.97 Å². The first kappa shape index (κ1) is 14.3. The quantitative estimate of drug-likeness (QED) is 0.805. The number of carbonyl (C=O) groups is 1. The Morgan fingerprint density at radius 3 is 2.61 bits per heavy atom. The molecule has 0 atom stereocenters. The van der Waals surface area contributed by atoms with E-state index in [9.17, 15) is 13.6 Å². The Balaban J connectivity index is 3.22. The molecule has 0 spiro atoms. The lowest BCUT2D eigenvalue weighted by Gasteiger charge is -2.13. The third-order valence-electron chi connectivity index (χ3n) is 2.36. The minimum atomic E-state index is -2.71. The molecule has 0 radical (unpaired) electrons. The lowest BCUT2D eigenvalue weighted by Crippen LogP contribution is -2.11. The molecule has 18 heavy (non-hydrogen) atoms. The Kier molecular flexibility index (Phi) is 4.96. The van der Waals surface area contributed by atoms with Crippen molar-refractivity contribution in [2.45, 2.75) is 19.4 Å². The van der Waals surface area contributed by atoms with E-state index < -0.39 is 12.4 Å². The maximum Gasteiger partial charge on any atom is 0.311 e. The number of hydrogen-bond acceptors (Lipinski definition) is 5. The number of nitrogens with two attached hydrogens (primary N) is 1. The van der Waals surface area contributed by atoms with Gasteiger partial charge in [-0.15, -0.1) is 0 Å². The fraction of sp³-hybridized carbons (Fsp3) is 0.455. The van der Waals surface area contributed by atoms with Crippen LogP contribution in [0.25, 0.3) is 0 Å². The molecular formula is C11H14F2N2O3. The SMILES string of the molecule is COC(=O)Cc1cc(C(F)F)c(CN)c(OC)n1. The molecule has 0 unspecified atom stereocenters. The molecule has 0 saturated carbocycles. The average molecular weight is 260 g/mol. The van der Waals surface area contributed by atoms with Crippen molar-refractivity contribution < 1.29 is 23.0 Å². The second kappa shape index (κ2) is 6.25. The van der Waals surface area contributed by atoms with Crippen LogP contribution in [-0.2, 0) is 22.5 Å². The molecule has 1 heterocycles. The van der Waals surface area contributed by atoms with Gasteiger partial charge in [0.05, 0.1) is 26.3 Å². The van der Waals surface area contributed by atoms with Crippen LogP contribution in [0.15, 0.2) is 6.07 Å². The zero-order chi connectivity index (χ0) is 13.7. The van der Waals surface area contributed by atoms with Crippen LogP contribution in [0.5, 0.6) is 5.88 Å². The van der Waals surface area contributed by atoms with Gasteiger partial charge in [0.2, 0.25) is 5.88 Å². The van der Waals surface area contributed by atoms with E-state index in [0.717, 1.165) is 6.07 Å². The van der Waals surface area contributed by atoms with Crippen LogP contribution in [0.1, 0.15) is 23.2 Å². The van der Waals surface area contributed by atoms with Gasteiger partial charge in [-0.2, -0.15) is 0 Å². The molecular weight excluding hydrogens is 246 g/mol. The summed E-state index contributed by atoms with van der Waals surface area (Å²) in [7, 11) is 2.51. The van der Waals surface area contributed by atoms with Crippen molar-refractivity contribution in [3.8, 4) is 5.88 Å². The number of pyridine rings is 1. The Bertz CT molecular complexity index is 439. The number of rotatable bonds is 5. The van der Waals surface area contributed by atoms with Gasteiger partial charge in [0.1, 0.15) is 0 Å². The van der Waals surface area contributed by atoms with Crippen molar-refractivity contribution >= 4 is 5.97 Å². The third kappa shape index (κ3) is 3.13. The van der Waals surface area contributed by atoms with Crippen LogP contribution in [0.4, 0.5) is 8.78 Å². The fourth-order valence-corrected chi connectivity index (χ4v) is 1.50. The van der Waals surface area contributed by atoms with Gasteiger partial charge in [-0.05, 0) is 6.07 Å². The van der Waals surface area contributed by atoms with E-state index in [1.165, 1.54) is 14.2 Å². The van der Waals surface area contributed by atoms with Crippen molar-refractivity contribution in [1.82, 2.24) is 4.98 Å². The van der Waals surface area contributed by atoms with Crippen molar-refractivity contribution in [3.05, 3.63) is 22.9 Å². The predicted molar refractivity (Wildman–Crippen MR) is 59.4 cm³/mol. The second-order valence-corrected chi connectivity index (χ2v) is 3.45. The minimum Gasteiger partial charge on any atom is -0.481 e. The summed E-state index contributed by atoms with van der Waals surface area (Å²) in [5, 5.41) is 0. The number of carbonyl (C=O) groups excluding carboxylic acids is 1. The highest BCUT2D eigenvalue weighted by Crippen LogP contribution is 2.29. The first-order chi connectivity index (χ1) is 8.53. The molecule has 0 aliphatic rings. The number of halogens is 2. The Morgan fingerprint density at radius 1 is 1.50 bits per heavy atom. The van der Waals surface area contributed by atoms with Crippen LogP contribution in [0, 0.1) is 0 Å². The standard InChI is InChI=1S/C11H14F2N2O3/c1-17-9(16)4-6-3-7(10(12)13)8(5-14)11(15-6)18-2/h3,10H,4-5,14H2,1-2H3. The summed E-state index contributed by atoms with van der Waals surface area (Å²) in [6.07, 6.45) is -2.91. The van der Waals surface area contributed by atoms with Crippen molar-refractivity contribution in [1.29, 1.82) is 0 Å². The van der Waals surface area contributed by atoms with Crippen molar-refractivity contribution in [2.24, 2.45) is 5.73 Å². The molecule has 0 aliphatic heterocycles. The van der Waals surface area contributed by atoms with Crippen molar-refractivity contribution in [2.75, 3.05) is 14.2 Å². The van der Waals surface area contributed by atoms with Gasteiger partial charge in [-0.25, -0.2) is 13.8 Å². The highest BCUT2D eigenvalue weighted by Gasteiger charge is 2.20. The molecule has 0 fully saturated rings. The number of aromatic nitrogens is 1. The molecule has 0 amide bonds. The molecule has 5 nitrogen and oxygen atoms in total. The lowest BCUT2D eigenvalue weighted by molar-refractivity contribution is -0.139. The van der Waals surface area contributed by atoms with E-state index >= 15 is 0 Å². The van der Waals surface area contributed by atoms with Crippen LogP contribution in [-0.4, -0.2) is 25.2 Å². The first-order valence-electron chi connectivity index (χ1n) is 5.15. The zero-order valence-corrected chi connectivity index (χ0v) is 10.1. The van der Waals surface area contributed by atoms with Gasteiger partial charge in [0, 0.05) is 17.7 Å². The molecule has 0 saturated heterocycles. The Hall–Kier alpha value is -1.76. The molecule has 0 aliphatic carbocycles. The van der Waals surface area contributed by atoms with E-state index in [0.29, 0.717) is 0 Å². The van der Waals surface area contributed by atoms with Crippen LogP contribution < -0.4 is 10.5 Å². The number of alkyl halides is 2. The van der Waals surface area contributed by atoms with Crippen molar-refractivity contribution in [3.63, 3.8) is 0 Å². The summed E-state index contributed by atoms with van der Waals surface area (Å²) >= 11 is 0. The molecule has 1 aromatic heterocycles. The number of esters is 1. The van der Waals surface area contributed by atoms with Gasteiger partial charge in [0.15, 0.2) is 0 Å². The number of methoxy groups -OCH3 is 2. The summed E-state index contributed by atoms with van der Waals surface area (Å²) in [6, 6.07) is 1.15.